The minimum atomic E-state index is -2.66. The number of nitrogens with one attached hydrogen (secondary N) is 3. The number of hydrogen-bond acceptors (Lipinski definition) is 7. The molecule has 9 nitrogen and oxygen atoms in total. The molecular formula is C23H23N7O2. The Morgan fingerprint density at radius 2 is 1.97 bits per heavy atom. The Kier molecular flexibility index (Phi) is 4.96. The van der Waals surface area contributed by atoms with Gasteiger partial charge in [-0.1, -0.05) is 18.2 Å². The zero-order valence-corrected chi connectivity index (χ0v) is 17.5. The number of aryl methyl sites for hydroxylation is 1. The summed E-state index contributed by atoms with van der Waals surface area (Å²) in [5.74, 6) is 0.686. The Bertz CT molecular complexity index is 1340. The van der Waals surface area contributed by atoms with E-state index in [4.69, 9.17) is 8.85 Å². The van der Waals surface area contributed by atoms with Crippen molar-refractivity contribution in [2.75, 3.05) is 24.7 Å². The van der Waals surface area contributed by atoms with Gasteiger partial charge < -0.3 is 20.7 Å². The van der Waals surface area contributed by atoms with Crippen LogP contribution in [0.4, 0.5) is 23.0 Å². The van der Waals surface area contributed by atoms with Crippen LogP contribution in [0.2, 0.25) is 0 Å². The molecule has 4 aromatic rings. The fourth-order valence-electron chi connectivity index (χ4n) is 3.23. The summed E-state index contributed by atoms with van der Waals surface area (Å²) >= 11 is 0. The number of methoxy groups -OCH3 is 1. The number of ether oxygens (including phenoxy) is 1. The van der Waals surface area contributed by atoms with Gasteiger partial charge >= 0.3 is 0 Å². The molecule has 0 fully saturated rings. The van der Waals surface area contributed by atoms with E-state index in [-0.39, 0.29) is 5.56 Å². The van der Waals surface area contributed by atoms with E-state index in [0.717, 1.165) is 11.1 Å². The Morgan fingerprint density at radius 1 is 1.06 bits per heavy atom. The molecule has 1 amide bonds. The van der Waals surface area contributed by atoms with E-state index in [0.29, 0.717) is 28.8 Å². The summed E-state index contributed by atoms with van der Waals surface area (Å²) in [6, 6.07) is 12.5. The summed E-state index contributed by atoms with van der Waals surface area (Å²) in [4.78, 5) is 21.2. The normalized spacial score (nSPS) is 12.2. The Balaban J connectivity index is 1.75. The van der Waals surface area contributed by atoms with Crippen molar-refractivity contribution in [1.29, 1.82) is 0 Å². The molecule has 0 unspecified atom stereocenters. The van der Waals surface area contributed by atoms with E-state index in [9.17, 15) is 4.79 Å². The van der Waals surface area contributed by atoms with Gasteiger partial charge in [-0.15, -0.1) is 0 Å². The van der Waals surface area contributed by atoms with Crippen LogP contribution in [-0.2, 0) is 7.05 Å². The van der Waals surface area contributed by atoms with Gasteiger partial charge in [-0.05, 0) is 18.2 Å². The van der Waals surface area contributed by atoms with Crippen molar-refractivity contribution in [2.45, 2.75) is 0 Å². The van der Waals surface area contributed by atoms with Gasteiger partial charge in [-0.25, -0.2) is 9.97 Å². The summed E-state index contributed by atoms with van der Waals surface area (Å²) in [5.41, 5.74) is 2.57. The Labute approximate surface area is 189 Å². The lowest BCUT2D eigenvalue weighted by molar-refractivity contribution is 0.0963. The fourth-order valence-corrected chi connectivity index (χ4v) is 3.23. The molecule has 4 rings (SSSR count). The van der Waals surface area contributed by atoms with Crippen molar-refractivity contribution in [2.24, 2.45) is 7.05 Å². The molecular weight excluding hydrogens is 406 g/mol. The molecule has 0 saturated heterocycles. The maximum absolute atomic E-state index is 12.8. The quantitative estimate of drug-likeness (QED) is 0.408. The third-order valence-corrected chi connectivity index (χ3v) is 4.69. The average Bonchev–Trinajstić information content (AvgIpc) is 3.24. The van der Waals surface area contributed by atoms with Gasteiger partial charge in [0.2, 0.25) is 0 Å². The minimum Gasteiger partial charge on any atom is -0.494 e. The third kappa shape index (κ3) is 4.36. The molecule has 32 heavy (non-hydrogen) atoms. The highest BCUT2D eigenvalue weighted by molar-refractivity contribution is 6.00. The first-order valence-corrected chi connectivity index (χ1v) is 9.67. The number of benzene rings is 1. The van der Waals surface area contributed by atoms with Crippen molar-refractivity contribution in [1.82, 2.24) is 25.1 Å². The molecule has 0 saturated carbocycles. The monoisotopic (exact) mass is 432 g/mol. The summed E-state index contributed by atoms with van der Waals surface area (Å²) < 4.78 is 29.6. The number of amides is 1. The molecule has 0 bridgehead atoms. The van der Waals surface area contributed by atoms with Crippen molar-refractivity contribution >= 4 is 28.9 Å². The van der Waals surface area contributed by atoms with Gasteiger partial charge in [0.1, 0.15) is 17.4 Å². The average molecular weight is 433 g/mol. The molecule has 0 atom stereocenters. The second kappa shape index (κ2) is 9.17. The topological polar surface area (TPSA) is 106 Å². The van der Waals surface area contributed by atoms with Crippen LogP contribution in [0.15, 0.2) is 67.3 Å². The van der Waals surface area contributed by atoms with E-state index in [1.807, 2.05) is 36.8 Å². The first-order chi connectivity index (χ1) is 16.7. The predicted molar refractivity (Wildman–Crippen MR) is 124 cm³/mol. The van der Waals surface area contributed by atoms with Crippen LogP contribution in [-0.4, -0.2) is 39.7 Å². The van der Waals surface area contributed by atoms with Crippen LogP contribution in [0.5, 0.6) is 5.75 Å². The maximum Gasteiger partial charge on any atom is 0.254 e. The molecule has 0 aliphatic rings. The molecule has 0 radical (unpaired) electrons. The highest BCUT2D eigenvalue weighted by atomic mass is 16.5. The largest absolute Gasteiger partial charge is 0.494 e. The SMILES string of the molecule is [2H]C([2H])([2H])NC(=O)c1cnc(Nc2ccccn2)cc1Nc1cccc(-c2cnn(C)c2)c1OC. The van der Waals surface area contributed by atoms with Crippen molar-refractivity contribution in [3.8, 4) is 16.9 Å². The number of carbonyl (C=O) groups excluding carboxylic acids is 1. The lowest BCUT2D eigenvalue weighted by Crippen LogP contribution is -2.19. The van der Waals surface area contributed by atoms with E-state index in [1.165, 1.54) is 6.20 Å². The number of anilines is 4. The summed E-state index contributed by atoms with van der Waals surface area (Å²) in [6.07, 6.45) is 6.51. The van der Waals surface area contributed by atoms with E-state index in [1.54, 1.807) is 48.5 Å². The van der Waals surface area contributed by atoms with Gasteiger partial charge in [0.05, 0.1) is 30.2 Å². The number of hydrogen-bond donors (Lipinski definition) is 3. The minimum absolute atomic E-state index is 0.0431. The second-order valence-electron chi connectivity index (χ2n) is 6.82. The lowest BCUT2D eigenvalue weighted by Gasteiger charge is -2.17. The Hall–Kier alpha value is -4.40. The molecule has 162 valence electrons. The first kappa shape index (κ1) is 17.3. The van der Waals surface area contributed by atoms with Crippen LogP contribution >= 0.6 is 0 Å². The number of para-hydroxylation sites is 1. The van der Waals surface area contributed by atoms with Crippen molar-refractivity contribution in [3.05, 3.63) is 72.8 Å². The number of rotatable bonds is 7. The molecule has 0 aliphatic heterocycles. The smallest absolute Gasteiger partial charge is 0.254 e. The molecule has 3 heterocycles. The third-order valence-electron chi connectivity index (χ3n) is 4.69. The van der Waals surface area contributed by atoms with Crippen LogP contribution in [0.25, 0.3) is 11.1 Å². The van der Waals surface area contributed by atoms with Crippen LogP contribution in [0, 0.1) is 0 Å². The van der Waals surface area contributed by atoms with Gasteiger partial charge in [0.15, 0.2) is 0 Å². The van der Waals surface area contributed by atoms with E-state index in [2.05, 4.69) is 25.7 Å². The Morgan fingerprint density at radius 3 is 2.69 bits per heavy atom. The number of nitrogens with zero attached hydrogens (tertiary/aromatic N) is 4. The zero-order chi connectivity index (χ0) is 25.0. The van der Waals surface area contributed by atoms with Gasteiger partial charge in [-0.3, -0.25) is 9.48 Å². The summed E-state index contributed by atoms with van der Waals surface area (Å²) in [5, 5.41) is 12.5. The standard InChI is InChI=1S/C23H23N7O2/c1-24-23(31)17-13-26-21(29-20-9-4-5-10-25-20)11-19(17)28-18-8-6-7-16(22(18)32-3)15-12-27-30(2)14-15/h4-14H,1-3H3,(H,24,31)(H2,25,26,28,29)/i1D3. The van der Waals surface area contributed by atoms with Gasteiger partial charge in [0.25, 0.3) is 5.91 Å². The van der Waals surface area contributed by atoms with Crippen molar-refractivity contribution < 1.29 is 13.6 Å². The van der Waals surface area contributed by atoms with Crippen LogP contribution in [0.3, 0.4) is 0 Å². The molecule has 0 spiro atoms. The number of aromatic nitrogens is 4. The molecule has 1 aromatic carbocycles. The van der Waals surface area contributed by atoms with Crippen molar-refractivity contribution in [3.63, 3.8) is 0 Å². The van der Waals surface area contributed by atoms with Crippen LogP contribution < -0.4 is 20.7 Å². The molecule has 3 N–H and O–H groups in total. The fraction of sp³-hybridized carbons (Fsp3) is 0.130. The summed E-state index contributed by atoms with van der Waals surface area (Å²) in [7, 11) is 3.37. The summed E-state index contributed by atoms with van der Waals surface area (Å²) in [6.45, 7) is -2.66. The molecule has 9 heteroatoms. The second-order valence-corrected chi connectivity index (χ2v) is 6.82. The maximum atomic E-state index is 12.8. The van der Waals surface area contributed by atoms with Gasteiger partial charge in [0, 0.05) is 53.9 Å². The predicted octanol–water partition coefficient (Wildman–Crippen LogP) is 3.73. The number of pyridine rings is 2. The van der Waals surface area contributed by atoms with Gasteiger partial charge in [-0.2, -0.15) is 5.10 Å². The highest BCUT2D eigenvalue weighted by Gasteiger charge is 2.17. The zero-order valence-electron chi connectivity index (χ0n) is 20.5. The lowest BCUT2D eigenvalue weighted by atomic mass is 10.1. The number of carbonyl (C=O) groups is 1. The van der Waals surface area contributed by atoms with Crippen LogP contribution in [0.1, 0.15) is 14.5 Å². The molecule has 3 aromatic heterocycles. The highest BCUT2D eigenvalue weighted by Crippen LogP contribution is 2.38. The van der Waals surface area contributed by atoms with E-state index >= 15 is 0 Å². The van der Waals surface area contributed by atoms with E-state index < -0.39 is 12.9 Å². The molecule has 0 aliphatic carbocycles. The first-order valence-electron chi connectivity index (χ1n) is 11.2.